The maximum absolute atomic E-state index is 11.5. The summed E-state index contributed by atoms with van der Waals surface area (Å²) in [5, 5.41) is 9.23. The van der Waals surface area contributed by atoms with Crippen molar-refractivity contribution >= 4 is 27.6 Å². The number of thioether (sulfide) groups is 1. The van der Waals surface area contributed by atoms with Gasteiger partial charge < -0.3 is 14.6 Å². The van der Waals surface area contributed by atoms with Gasteiger partial charge in [0.1, 0.15) is 27.4 Å². The summed E-state index contributed by atoms with van der Waals surface area (Å²) in [6.07, 6.45) is 5.43. The van der Waals surface area contributed by atoms with E-state index in [9.17, 15) is 18.3 Å². The molecule has 0 spiro atoms. The number of ether oxygens (including phenoxy) is 2. The van der Waals surface area contributed by atoms with Gasteiger partial charge in [-0.3, -0.25) is 4.79 Å². The fraction of sp³-hybridized carbons (Fsp3) is 0.424. The molecule has 3 aromatic carbocycles. The quantitative estimate of drug-likeness (QED) is 0.225. The van der Waals surface area contributed by atoms with Crippen LogP contribution in [0.4, 0.5) is 0 Å². The van der Waals surface area contributed by atoms with Crippen molar-refractivity contribution in [1.82, 2.24) is 0 Å². The highest BCUT2D eigenvalue weighted by molar-refractivity contribution is 7.99. The number of carbonyl (C=O) groups is 1. The lowest BCUT2D eigenvalue weighted by atomic mass is 9.87. The lowest BCUT2D eigenvalue weighted by molar-refractivity contribution is -0.137. The molecule has 1 unspecified atom stereocenters. The van der Waals surface area contributed by atoms with Gasteiger partial charge in [-0.05, 0) is 95.3 Å². The van der Waals surface area contributed by atoms with Crippen molar-refractivity contribution in [2.75, 3.05) is 24.4 Å². The molecule has 0 amide bonds. The number of fused-ring (bicyclic) bond motifs is 2. The van der Waals surface area contributed by atoms with Gasteiger partial charge in [0, 0.05) is 22.8 Å². The average Bonchev–Trinajstić information content (AvgIpc) is 3.53. The van der Waals surface area contributed by atoms with E-state index in [1.165, 1.54) is 39.6 Å². The van der Waals surface area contributed by atoms with Crippen LogP contribution in [0.25, 0.3) is 11.1 Å². The minimum absolute atomic E-state index is 0.0307. The number of aryl methyl sites for hydroxylation is 2. The lowest BCUT2D eigenvalue weighted by Gasteiger charge is -2.20. The summed E-state index contributed by atoms with van der Waals surface area (Å²) in [5.74, 6) is 1.85. The Labute approximate surface area is 247 Å². The summed E-state index contributed by atoms with van der Waals surface area (Å²) in [7, 11) is -3.00. The zero-order valence-electron chi connectivity index (χ0n) is 23.9. The smallest absolute Gasteiger partial charge is 0.303 e. The standard InChI is InChI=1S/C33H38O6S2/c1-4-21-16-25(38-14-7-15-41(3,36)37)17-22(5-2)33(21)29-9-6-8-28-27(29)12-13-30(28)39-24-10-11-26-23(18-32(34)35)20-40-31(26)19-24/h6,8-11,16-17,19,23,30H,4-5,7,12-15,18,20H2,1-3H3,(H,34,35)/t23-,30?/m1/s1. The van der Waals surface area contributed by atoms with Crippen molar-refractivity contribution < 1.29 is 27.8 Å². The summed E-state index contributed by atoms with van der Waals surface area (Å²) in [6.45, 7) is 4.70. The monoisotopic (exact) mass is 594 g/mol. The molecule has 0 saturated carbocycles. The third kappa shape index (κ3) is 6.75. The van der Waals surface area contributed by atoms with E-state index in [-0.39, 0.29) is 24.2 Å². The molecule has 1 aliphatic carbocycles. The number of hydrogen-bond donors (Lipinski definition) is 1. The molecular formula is C33H38O6S2. The van der Waals surface area contributed by atoms with Gasteiger partial charge >= 0.3 is 5.97 Å². The van der Waals surface area contributed by atoms with E-state index in [4.69, 9.17) is 9.47 Å². The predicted octanol–water partition coefficient (Wildman–Crippen LogP) is 7.02. The van der Waals surface area contributed by atoms with Crippen LogP contribution in [0.15, 0.2) is 53.4 Å². The van der Waals surface area contributed by atoms with E-state index >= 15 is 0 Å². The van der Waals surface area contributed by atoms with Gasteiger partial charge in [-0.2, -0.15) is 0 Å². The SMILES string of the molecule is CCc1cc(OCCCS(C)(=O)=O)cc(CC)c1-c1cccc2c1CCC2Oc1ccc2c(c1)SC[C@H]2CC(=O)O. The van der Waals surface area contributed by atoms with Crippen LogP contribution in [-0.2, 0) is 33.9 Å². The minimum atomic E-state index is -3.00. The number of carboxylic acid groups (broad SMARTS) is 1. The predicted molar refractivity (Wildman–Crippen MR) is 164 cm³/mol. The summed E-state index contributed by atoms with van der Waals surface area (Å²) in [4.78, 5) is 12.4. The molecule has 1 heterocycles. The van der Waals surface area contributed by atoms with E-state index < -0.39 is 15.8 Å². The Kier molecular flexibility index (Phi) is 9.00. The third-order valence-corrected chi connectivity index (χ3v) is 10.3. The Balaban J connectivity index is 1.38. The molecule has 0 saturated heterocycles. The van der Waals surface area contributed by atoms with Crippen LogP contribution < -0.4 is 9.47 Å². The first kappa shape index (κ1) is 29.5. The second kappa shape index (κ2) is 12.5. The van der Waals surface area contributed by atoms with Crippen LogP contribution in [-0.4, -0.2) is 43.9 Å². The van der Waals surface area contributed by atoms with Gasteiger partial charge in [-0.15, -0.1) is 11.8 Å². The molecule has 8 heteroatoms. The van der Waals surface area contributed by atoms with Gasteiger partial charge in [0.25, 0.3) is 0 Å². The number of benzene rings is 3. The first-order valence-corrected chi connectivity index (χ1v) is 17.4. The van der Waals surface area contributed by atoms with Crippen LogP contribution in [0.3, 0.4) is 0 Å². The average molecular weight is 595 g/mol. The molecule has 0 aromatic heterocycles. The summed E-state index contributed by atoms with van der Waals surface area (Å²) >= 11 is 1.71. The topological polar surface area (TPSA) is 89.9 Å². The van der Waals surface area contributed by atoms with Crippen molar-refractivity contribution in [2.24, 2.45) is 0 Å². The molecule has 2 aliphatic rings. The highest BCUT2D eigenvalue weighted by atomic mass is 32.2. The zero-order valence-corrected chi connectivity index (χ0v) is 25.6. The highest BCUT2D eigenvalue weighted by Crippen LogP contribution is 2.46. The second-order valence-electron chi connectivity index (χ2n) is 11.0. The van der Waals surface area contributed by atoms with Crippen LogP contribution in [0, 0.1) is 0 Å². The number of aliphatic carboxylic acids is 1. The summed E-state index contributed by atoms with van der Waals surface area (Å²) in [6, 6.07) is 16.8. The number of rotatable bonds is 12. The fourth-order valence-corrected chi connectivity index (χ4v) is 8.00. The number of hydrogen-bond acceptors (Lipinski definition) is 6. The molecular weight excluding hydrogens is 556 g/mol. The first-order chi connectivity index (χ1) is 19.7. The van der Waals surface area contributed by atoms with Crippen molar-refractivity contribution in [3.63, 3.8) is 0 Å². The molecule has 0 fully saturated rings. The Morgan fingerprint density at radius 3 is 2.46 bits per heavy atom. The molecule has 41 heavy (non-hydrogen) atoms. The van der Waals surface area contributed by atoms with Gasteiger partial charge in [0.15, 0.2) is 0 Å². The molecule has 2 atom stereocenters. The van der Waals surface area contributed by atoms with Crippen molar-refractivity contribution in [3.05, 3.63) is 76.3 Å². The number of carboxylic acids is 1. The van der Waals surface area contributed by atoms with Crippen molar-refractivity contribution in [1.29, 1.82) is 0 Å². The van der Waals surface area contributed by atoms with Gasteiger partial charge in [-0.25, -0.2) is 8.42 Å². The Bertz CT molecular complexity index is 1520. The Morgan fingerprint density at radius 1 is 1.02 bits per heavy atom. The van der Waals surface area contributed by atoms with Crippen LogP contribution in [0.2, 0.25) is 0 Å². The van der Waals surface area contributed by atoms with Crippen LogP contribution in [0.1, 0.15) is 72.9 Å². The molecule has 1 N–H and O–H groups in total. The van der Waals surface area contributed by atoms with E-state index in [0.29, 0.717) is 13.0 Å². The first-order valence-electron chi connectivity index (χ1n) is 14.4. The van der Waals surface area contributed by atoms with Gasteiger partial charge in [0.2, 0.25) is 0 Å². The normalized spacial score (nSPS) is 17.7. The summed E-state index contributed by atoms with van der Waals surface area (Å²) < 4.78 is 35.5. The second-order valence-corrected chi connectivity index (χ2v) is 14.3. The largest absolute Gasteiger partial charge is 0.494 e. The Hall–Kier alpha value is -2.97. The fourth-order valence-electron chi connectivity index (χ4n) is 6.08. The third-order valence-electron chi connectivity index (χ3n) is 8.01. The highest BCUT2D eigenvalue weighted by Gasteiger charge is 2.30. The van der Waals surface area contributed by atoms with Gasteiger partial charge in [0.05, 0.1) is 18.8 Å². The molecule has 5 rings (SSSR count). The molecule has 6 nitrogen and oxygen atoms in total. The van der Waals surface area contributed by atoms with E-state index in [2.05, 4.69) is 50.2 Å². The molecule has 1 aliphatic heterocycles. The maximum Gasteiger partial charge on any atom is 0.303 e. The van der Waals surface area contributed by atoms with E-state index in [0.717, 1.165) is 53.4 Å². The van der Waals surface area contributed by atoms with Crippen molar-refractivity contribution in [2.45, 2.75) is 69.3 Å². The minimum Gasteiger partial charge on any atom is -0.494 e. The molecule has 0 radical (unpaired) electrons. The summed E-state index contributed by atoms with van der Waals surface area (Å²) in [5.41, 5.74) is 8.66. The molecule has 0 bridgehead atoms. The maximum atomic E-state index is 11.5. The lowest BCUT2D eigenvalue weighted by Crippen LogP contribution is -2.08. The Morgan fingerprint density at radius 2 is 1.78 bits per heavy atom. The number of sulfone groups is 1. The van der Waals surface area contributed by atoms with Crippen LogP contribution >= 0.6 is 11.8 Å². The van der Waals surface area contributed by atoms with Gasteiger partial charge in [-0.1, -0.05) is 38.1 Å². The van der Waals surface area contributed by atoms with Crippen molar-refractivity contribution in [3.8, 4) is 22.6 Å². The van der Waals surface area contributed by atoms with E-state index in [1.807, 2.05) is 12.1 Å². The molecule has 3 aromatic rings. The van der Waals surface area contributed by atoms with Crippen LogP contribution in [0.5, 0.6) is 11.5 Å². The molecule has 218 valence electrons. The van der Waals surface area contributed by atoms with E-state index in [1.54, 1.807) is 11.8 Å². The zero-order chi connectivity index (χ0) is 29.1.